The molecule has 0 aliphatic rings. The first-order chi connectivity index (χ1) is 7.16. The van der Waals surface area contributed by atoms with Crippen LogP contribution >= 0.6 is 0 Å². The number of hydrogen-bond donors (Lipinski definition) is 2. The van der Waals surface area contributed by atoms with Crippen molar-refractivity contribution in [3.63, 3.8) is 0 Å². The summed E-state index contributed by atoms with van der Waals surface area (Å²) in [5.74, 6) is 0. The Labute approximate surface area is 84.8 Å². The molecule has 5 nitrogen and oxygen atoms in total. The molecule has 0 saturated carbocycles. The number of aromatic amines is 1. The van der Waals surface area contributed by atoms with Gasteiger partial charge < -0.3 is 5.73 Å². The first-order valence-corrected chi connectivity index (χ1v) is 4.35. The third kappa shape index (κ3) is 1.80. The van der Waals surface area contributed by atoms with E-state index in [1.165, 1.54) is 16.8 Å². The maximum absolute atomic E-state index is 11.4. The van der Waals surface area contributed by atoms with Crippen LogP contribution in [0.3, 0.4) is 0 Å². The van der Waals surface area contributed by atoms with Gasteiger partial charge >= 0.3 is 5.69 Å². The van der Waals surface area contributed by atoms with Crippen molar-refractivity contribution < 1.29 is 0 Å². The van der Waals surface area contributed by atoms with Crippen LogP contribution in [-0.4, -0.2) is 9.55 Å². The Morgan fingerprint density at radius 2 is 2.00 bits per heavy atom. The molecule has 2 aromatic rings. The number of rotatable bonds is 1. The van der Waals surface area contributed by atoms with Gasteiger partial charge in [-0.2, -0.15) is 0 Å². The summed E-state index contributed by atoms with van der Waals surface area (Å²) >= 11 is 0. The second kappa shape index (κ2) is 3.45. The van der Waals surface area contributed by atoms with E-state index in [4.69, 9.17) is 5.73 Å². The summed E-state index contributed by atoms with van der Waals surface area (Å²) < 4.78 is 1.32. The highest BCUT2D eigenvalue weighted by Gasteiger charge is 1.99. The van der Waals surface area contributed by atoms with Crippen molar-refractivity contribution in [3.8, 4) is 5.69 Å². The molecule has 0 bridgehead atoms. The van der Waals surface area contributed by atoms with Crippen molar-refractivity contribution in [3.05, 3.63) is 57.4 Å². The summed E-state index contributed by atoms with van der Waals surface area (Å²) in [4.78, 5) is 24.4. The number of nitrogens with two attached hydrogens (primary N) is 1. The van der Waals surface area contributed by atoms with E-state index < -0.39 is 11.2 Å². The Morgan fingerprint density at radius 3 is 2.67 bits per heavy atom. The van der Waals surface area contributed by atoms with E-state index in [0.717, 1.165) is 0 Å². The zero-order valence-electron chi connectivity index (χ0n) is 7.81. The summed E-state index contributed by atoms with van der Waals surface area (Å²) in [6.45, 7) is 0. The summed E-state index contributed by atoms with van der Waals surface area (Å²) in [6, 6.07) is 8.13. The molecule has 1 aromatic heterocycles. The van der Waals surface area contributed by atoms with Crippen molar-refractivity contribution in [1.29, 1.82) is 0 Å². The van der Waals surface area contributed by atoms with Crippen LogP contribution in [-0.2, 0) is 0 Å². The Balaban J connectivity index is 2.64. The topological polar surface area (TPSA) is 80.9 Å². The van der Waals surface area contributed by atoms with Crippen LogP contribution in [0, 0.1) is 0 Å². The zero-order chi connectivity index (χ0) is 10.8. The van der Waals surface area contributed by atoms with Gasteiger partial charge in [-0.25, -0.2) is 4.79 Å². The van der Waals surface area contributed by atoms with Gasteiger partial charge in [0.25, 0.3) is 5.56 Å². The van der Waals surface area contributed by atoms with E-state index in [0.29, 0.717) is 11.4 Å². The molecule has 0 atom stereocenters. The Bertz CT molecular complexity index is 598. The van der Waals surface area contributed by atoms with Crippen LogP contribution in [0.1, 0.15) is 0 Å². The van der Waals surface area contributed by atoms with Gasteiger partial charge in [0, 0.05) is 18.0 Å². The Morgan fingerprint density at radius 1 is 1.20 bits per heavy atom. The standard InChI is InChI=1S/C10H9N3O2/c11-7-2-1-3-8(6-7)13-5-4-9(14)12-10(13)15/h1-6H,11H2,(H,12,14,15). The fourth-order valence-electron chi connectivity index (χ4n) is 1.30. The van der Waals surface area contributed by atoms with Crippen molar-refractivity contribution in [1.82, 2.24) is 9.55 Å². The van der Waals surface area contributed by atoms with Crippen LogP contribution in [0.4, 0.5) is 5.69 Å². The zero-order valence-corrected chi connectivity index (χ0v) is 7.81. The average Bonchev–Trinajstić information content (AvgIpc) is 2.17. The van der Waals surface area contributed by atoms with Crippen LogP contribution < -0.4 is 17.0 Å². The van der Waals surface area contributed by atoms with E-state index >= 15 is 0 Å². The third-order valence-electron chi connectivity index (χ3n) is 1.97. The predicted octanol–water partition coefficient (Wildman–Crippen LogP) is 0.108. The lowest BCUT2D eigenvalue weighted by Gasteiger charge is -2.04. The highest BCUT2D eigenvalue weighted by atomic mass is 16.2. The van der Waals surface area contributed by atoms with Crippen molar-refractivity contribution in [2.45, 2.75) is 0 Å². The summed E-state index contributed by atoms with van der Waals surface area (Å²) in [5.41, 5.74) is 5.88. The SMILES string of the molecule is Nc1cccc(-n2ccc(=O)[nH]c2=O)c1. The normalized spacial score (nSPS) is 10.1. The number of hydrogen-bond acceptors (Lipinski definition) is 3. The molecule has 15 heavy (non-hydrogen) atoms. The highest BCUT2D eigenvalue weighted by molar-refractivity contribution is 5.47. The third-order valence-corrected chi connectivity index (χ3v) is 1.97. The lowest BCUT2D eigenvalue weighted by molar-refractivity contribution is 0.896. The quantitative estimate of drug-likeness (QED) is 0.645. The minimum absolute atomic E-state index is 0.417. The lowest BCUT2D eigenvalue weighted by Crippen LogP contribution is -2.27. The van der Waals surface area contributed by atoms with Crippen LogP contribution in [0.25, 0.3) is 5.69 Å². The average molecular weight is 203 g/mol. The summed E-state index contributed by atoms with van der Waals surface area (Å²) in [6.07, 6.45) is 1.41. The number of H-pyrrole nitrogens is 1. The molecule has 0 aliphatic heterocycles. The van der Waals surface area contributed by atoms with E-state index in [9.17, 15) is 9.59 Å². The minimum Gasteiger partial charge on any atom is -0.399 e. The Hall–Kier alpha value is -2.30. The van der Waals surface area contributed by atoms with Crippen LogP contribution in [0.15, 0.2) is 46.1 Å². The molecule has 0 spiro atoms. The Kier molecular flexibility index (Phi) is 2.13. The monoisotopic (exact) mass is 203 g/mol. The fraction of sp³-hybridized carbons (Fsp3) is 0. The maximum atomic E-state index is 11.4. The van der Waals surface area contributed by atoms with E-state index in [-0.39, 0.29) is 0 Å². The molecule has 0 saturated heterocycles. The van der Waals surface area contributed by atoms with E-state index in [2.05, 4.69) is 4.98 Å². The number of benzene rings is 1. The number of nitrogen functional groups attached to an aromatic ring is 1. The molecule has 1 heterocycles. The molecule has 0 amide bonds. The molecule has 0 unspecified atom stereocenters. The van der Waals surface area contributed by atoms with Gasteiger partial charge in [-0.15, -0.1) is 0 Å². The van der Waals surface area contributed by atoms with Crippen LogP contribution in [0.2, 0.25) is 0 Å². The molecule has 0 aliphatic carbocycles. The van der Waals surface area contributed by atoms with Gasteiger partial charge in [-0.3, -0.25) is 14.3 Å². The highest BCUT2D eigenvalue weighted by Crippen LogP contribution is 2.08. The van der Waals surface area contributed by atoms with Crippen molar-refractivity contribution in [2.75, 3.05) is 5.73 Å². The van der Waals surface area contributed by atoms with E-state index in [1.54, 1.807) is 24.3 Å². The van der Waals surface area contributed by atoms with E-state index in [1.807, 2.05) is 0 Å². The largest absolute Gasteiger partial charge is 0.399 e. The molecular formula is C10H9N3O2. The molecule has 0 fully saturated rings. The van der Waals surface area contributed by atoms with Gasteiger partial charge in [-0.1, -0.05) is 6.07 Å². The molecule has 1 aromatic carbocycles. The summed E-state index contributed by atoms with van der Waals surface area (Å²) in [5, 5.41) is 0. The minimum atomic E-state index is -0.479. The second-order valence-corrected chi connectivity index (χ2v) is 3.08. The lowest BCUT2D eigenvalue weighted by atomic mass is 10.3. The molecule has 3 N–H and O–H groups in total. The first-order valence-electron chi connectivity index (χ1n) is 4.35. The first kappa shape index (κ1) is 9.26. The molecule has 76 valence electrons. The van der Waals surface area contributed by atoms with Gasteiger partial charge in [0.2, 0.25) is 0 Å². The molecular weight excluding hydrogens is 194 g/mol. The van der Waals surface area contributed by atoms with Gasteiger partial charge in [-0.05, 0) is 18.2 Å². The van der Waals surface area contributed by atoms with Gasteiger partial charge in [0.1, 0.15) is 0 Å². The number of nitrogens with zero attached hydrogens (tertiary/aromatic N) is 1. The molecule has 2 rings (SSSR count). The fourth-order valence-corrected chi connectivity index (χ4v) is 1.30. The second-order valence-electron chi connectivity index (χ2n) is 3.08. The summed E-state index contributed by atoms with van der Waals surface area (Å²) in [7, 11) is 0. The van der Waals surface area contributed by atoms with Crippen molar-refractivity contribution in [2.24, 2.45) is 0 Å². The number of anilines is 1. The molecule has 5 heteroatoms. The predicted molar refractivity (Wildman–Crippen MR) is 57.1 cm³/mol. The maximum Gasteiger partial charge on any atom is 0.332 e. The molecule has 0 radical (unpaired) electrons. The van der Waals surface area contributed by atoms with Gasteiger partial charge in [0.05, 0.1) is 5.69 Å². The van der Waals surface area contributed by atoms with Gasteiger partial charge in [0.15, 0.2) is 0 Å². The number of nitrogens with one attached hydrogen (secondary N) is 1. The van der Waals surface area contributed by atoms with Crippen LogP contribution in [0.5, 0.6) is 0 Å². The number of aromatic nitrogens is 2. The smallest absolute Gasteiger partial charge is 0.332 e. The van der Waals surface area contributed by atoms with Crippen molar-refractivity contribution >= 4 is 5.69 Å².